The van der Waals surface area contributed by atoms with E-state index < -0.39 is 10.9 Å². The van der Waals surface area contributed by atoms with Crippen molar-refractivity contribution in [3.8, 4) is 11.5 Å². The number of phenolic OH excluding ortho intramolecular Hbond substituents is 1. The maximum atomic E-state index is 11.8. The monoisotopic (exact) mass is 372 g/mol. The summed E-state index contributed by atoms with van der Waals surface area (Å²) >= 11 is 0. The van der Waals surface area contributed by atoms with Crippen molar-refractivity contribution >= 4 is 23.6 Å². The Bertz CT molecular complexity index is 846. The van der Waals surface area contributed by atoms with E-state index in [1.54, 1.807) is 31.2 Å². The Labute approximate surface area is 156 Å². The molecule has 0 fully saturated rings. The number of carbonyl (C=O) groups excluding carboxylic acids is 1. The molecule has 2 aromatic carbocycles. The van der Waals surface area contributed by atoms with Gasteiger partial charge in [0.2, 0.25) is 0 Å². The van der Waals surface area contributed by atoms with Crippen LogP contribution in [0.1, 0.15) is 36.2 Å². The summed E-state index contributed by atoms with van der Waals surface area (Å²) in [5.41, 5.74) is 0.843. The van der Waals surface area contributed by atoms with E-state index in [1.807, 2.05) is 6.92 Å². The largest absolute Gasteiger partial charge is 0.504 e. The highest BCUT2D eigenvalue weighted by molar-refractivity contribution is 5.90. The number of ether oxygens (including phenoxy) is 2. The molecule has 2 aromatic rings. The molecular weight excluding hydrogens is 352 g/mol. The minimum absolute atomic E-state index is 0.0159. The second-order valence-corrected chi connectivity index (χ2v) is 5.51. The van der Waals surface area contributed by atoms with Gasteiger partial charge in [-0.15, -0.1) is 0 Å². The predicted molar refractivity (Wildman–Crippen MR) is 100 cm³/mol. The van der Waals surface area contributed by atoms with Crippen molar-refractivity contribution in [2.45, 2.75) is 20.3 Å². The minimum atomic E-state index is -0.573. The van der Waals surface area contributed by atoms with E-state index in [-0.39, 0.29) is 29.4 Å². The molecule has 0 saturated carbocycles. The van der Waals surface area contributed by atoms with Crippen molar-refractivity contribution in [3.63, 3.8) is 0 Å². The lowest BCUT2D eigenvalue weighted by atomic mass is 10.1. The summed E-state index contributed by atoms with van der Waals surface area (Å²) in [4.78, 5) is 26.4. The molecule has 0 spiro atoms. The standard InChI is InChI=1S/C19H20N2O6/c1-3-9-27-19(23)13-5-7-15(8-6-13)20-12-14-10-16(21(24)25)11-17(18(14)22)26-4-2/h5-8,10-12,22H,3-4,9H2,1-2H3. The van der Waals surface area contributed by atoms with Crippen LogP contribution in [0, 0.1) is 10.1 Å². The number of phenols is 1. The quantitative estimate of drug-likeness (QED) is 0.324. The number of benzene rings is 2. The van der Waals surface area contributed by atoms with E-state index in [2.05, 4.69) is 4.99 Å². The molecule has 1 N–H and O–H groups in total. The summed E-state index contributed by atoms with van der Waals surface area (Å²) in [5.74, 6) is -0.627. The number of nitrogens with zero attached hydrogens (tertiary/aromatic N) is 2. The van der Waals surface area contributed by atoms with Crippen molar-refractivity contribution in [2.75, 3.05) is 13.2 Å². The normalized spacial score (nSPS) is 10.7. The highest BCUT2D eigenvalue weighted by atomic mass is 16.6. The highest BCUT2D eigenvalue weighted by Gasteiger charge is 2.16. The second-order valence-electron chi connectivity index (χ2n) is 5.51. The van der Waals surface area contributed by atoms with Gasteiger partial charge >= 0.3 is 5.97 Å². The smallest absolute Gasteiger partial charge is 0.338 e. The Hall–Kier alpha value is -3.42. The van der Waals surface area contributed by atoms with Gasteiger partial charge in [0, 0.05) is 17.8 Å². The molecule has 142 valence electrons. The van der Waals surface area contributed by atoms with Gasteiger partial charge in [-0.1, -0.05) is 6.92 Å². The van der Waals surface area contributed by atoms with Gasteiger partial charge in [-0.2, -0.15) is 0 Å². The summed E-state index contributed by atoms with van der Waals surface area (Å²) < 4.78 is 10.3. The summed E-state index contributed by atoms with van der Waals surface area (Å²) in [6.07, 6.45) is 2.04. The van der Waals surface area contributed by atoms with Gasteiger partial charge < -0.3 is 14.6 Å². The number of aromatic hydroxyl groups is 1. The molecule has 0 radical (unpaired) electrons. The molecule has 27 heavy (non-hydrogen) atoms. The zero-order valence-electron chi connectivity index (χ0n) is 15.0. The van der Waals surface area contributed by atoms with E-state index in [1.165, 1.54) is 12.3 Å². The lowest BCUT2D eigenvalue weighted by Gasteiger charge is -2.08. The number of non-ortho nitro benzene ring substituents is 1. The molecule has 8 nitrogen and oxygen atoms in total. The van der Waals surface area contributed by atoms with Crippen molar-refractivity contribution < 1.29 is 24.3 Å². The third-order valence-corrected chi connectivity index (χ3v) is 3.49. The van der Waals surface area contributed by atoms with Gasteiger partial charge in [0.25, 0.3) is 5.69 Å². The molecule has 0 aliphatic heterocycles. The number of hydrogen-bond acceptors (Lipinski definition) is 7. The average Bonchev–Trinajstić information content (AvgIpc) is 2.67. The topological polar surface area (TPSA) is 111 Å². The van der Waals surface area contributed by atoms with Crippen LogP contribution in [0.15, 0.2) is 41.4 Å². The molecule has 0 heterocycles. The summed E-state index contributed by atoms with van der Waals surface area (Å²) in [5, 5.41) is 21.3. The highest BCUT2D eigenvalue weighted by Crippen LogP contribution is 2.34. The first-order chi connectivity index (χ1) is 13.0. The van der Waals surface area contributed by atoms with E-state index in [0.29, 0.717) is 17.9 Å². The number of carbonyl (C=O) groups is 1. The maximum absolute atomic E-state index is 11.8. The van der Waals surface area contributed by atoms with Crippen LogP contribution in [-0.4, -0.2) is 35.4 Å². The third kappa shape index (κ3) is 5.27. The first-order valence-corrected chi connectivity index (χ1v) is 8.41. The van der Waals surface area contributed by atoms with Crippen LogP contribution in [0.2, 0.25) is 0 Å². The van der Waals surface area contributed by atoms with Crippen LogP contribution in [0.5, 0.6) is 11.5 Å². The van der Waals surface area contributed by atoms with Gasteiger partial charge in [-0.3, -0.25) is 15.1 Å². The Morgan fingerprint density at radius 2 is 1.96 bits per heavy atom. The lowest BCUT2D eigenvalue weighted by molar-refractivity contribution is -0.385. The van der Waals surface area contributed by atoms with E-state index in [0.717, 1.165) is 12.5 Å². The van der Waals surface area contributed by atoms with Crippen LogP contribution in [-0.2, 0) is 4.74 Å². The number of hydrogen-bond donors (Lipinski definition) is 1. The first kappa shape index (κ1) is 19.9. The molecule has 8 heteroatoms. The molecular formula is C19H20N2O6. The van der Waals surface area contributed by atoms with Gasteiger partial charge in [0.05, 0.1) is 35.5 Å². The van der Waals surface area contributed by atoms with Gasteiger partial charge in [0.1, 0.15) is 0 Å². The van der Waals surface area contributed by atoms with Crippen LogP contribution in [0.4, 0.5) is 11.4 Å². The van der Waals surface area contributed by atoms with Crippen LogP contribution >= 0.6 is 0 Å². The van der Waals surface area contributed by atoms with Crippen molar-refractivity contribution in [3.05, 3.63) is 57.6 Å². The number of nitro groups is 1. The van der Waals surface area contributed by atoms with E-state index >= 15 is 0 Å². The minimum Gasteiger partial charge on any atom is -0.504 e. The molecule has 0 unspecified atom stereocenters. The lowest BCUT2D eigenvalue weighted by Crippen LogP contribution is -2.05. The summed E-state index contributed by atoms with van der Waals surface area (Å²) in [7, 11) is 0. The zero-order valence-corrected chi connectivity index (χ0v) is 15.0. The Morgan fingerprint density at radius 3 is 2.56 bits per heavy atom. The van der Waals surface area contributed by atoms with Crippen molar-refractivity contribution in [1.82, 2.24) is 0 Å². The number of aliphatic imine (C=N–C) groups is 1. The Balaban J connectivity index is 2.24. The third-order valence-electron chi connectivity index (χ3n) is 3.49. The zero-order chi connectivity index (χ0) is 19.8. The molecule has 0 saturated heterocycles. The number of nitro benzene ring substituents is 1. The molecule has 2 rings (SSSR count). The van der Waals surface area contributed by atoms with Gasteiger partial charge in [-0.05, 0) is 37.6 Å². The predicted octanol–water partition coefficient (Wildman–Crippen LogP) is 4.02. The molecule has 0 amide bonds. The van der Waals surface area contributed by atoms with Crippen molar-refractivity contribution in [1.29, 1.82) is 0 Å². The first-order valence-electron chi connectivity index (χ1n) is 8.41. The van der Waals surface area contributed by atoms with Crippen LogP contribution in [0.3, 0.4) is 0 Å². The fourth-order valence-corrected chi connectivity index (χ4v) is 2.19. The summed E-state index contributed by atoms with van der Waals surface area (Å²) in [6, 6.07) is 8.73. The van der Waals surface area contributed by atoms with E-state index in [9.17, 15) is 20.0 Å². The second kappa shape index (κ2) is 9.33. The maximum Gasteiger partial charge on any atom is 0.338 e. The van der Waals surface area contributed by atoms with Gasteiger partial charge in [-0.25, -0.2) is 4.79 Å². The molecule has 0 aromatic heterocycles. The van der Waals surface area contributed by atoms with E-state index in [4.69, 9.17) is 9.47 Å². The van der Waals surface area contributed by atoms with Crippen molar-refractivity contribution in [2.24, 2.45) is 4.99 Å². The fraction of sp³-hybridized carbons (Fsp3) is 0.263. The molecule has 0 aliphatic carbocycles. The SMILES string of the molecule is CCCOC(=O)c1ccc(N=Cc2cc([N+](=O)[O-])cc(OCC)c2O)cc1. The molecule has 0 aliphatic rings. The van der Waals surface area contributed by atoms with Crippen LogP contribution in [0.25, 0.3) is 0 Å². The summed E-state index contributed by atoms with van der Waals surface area (Å²) in [6.45, 7) is 4.22. The Kier molecular flexibility index (Phi) is 6.87. The average molecular weight is 372 g/mol. The van der Waals surface area contributed by atoms with Gasteiger partial charge in [0.15, 0.2) is 11.5 Å². The number of rotatable bonds is 8. The fourth-order valence-electron chi connectivity index (χ4n) is 2.19. The molecule has 0 bridgehead atoms. The number of esters is 1. The van der Waals surface area contributed by atoms with Crippen LogP contribution < -0.4 is 4.74 Å². The molecule has 0 atom stereocenters. The Morgan fingerprint density at radius 1 is 1.26 bits per heavy atom.